The van der Waals surface area contributed by atoms with Crippen LogP contribution >= 0.6 is 0 Å². The Kier molecular flexibility index (Phi) is 7.30. The van der Waals surface area contributed by atoms with Gasteiger partial charge in [0.1, 0.15) is 17.8 Å². The predicted molar refractivity (Wildman–Crippen MR) is 138 cm³/mol. The fourth-order valence-corrected chi connectivity index (χ4v) is 4.43. The van der Waals surface area contributed by atoms with Gasteiger partial charge in [0.25, 0.3) is 17.4 Å². The lowest BCUT2D eigenvalue weighted by molar-refractivity contribution is 0.0827. The molecule has 0 saturated heterocycles. The van der Waals surface area contributed by atoms with Crippen LogP contribution in [0.3, 0.4) is 0 Å². The average Bonchev–Trinajstić information content (AvgIpc) is 3.58. The number of nitrogens with one attached hydrogen (secondary N) is 1. The van der Waals surface area contributed by atoms with Crippen molar-refractivity contribution in [3.63, 3.8) is 0 Å². The summed E-state index contributed by atoms with van der Waals surface area (Å²) in [6, 6.07) is 6.98. The number of nitrogens with zero attached hydrogens (tertiary/aromatic N) is 7. The van der Waals surface area contributed by atoms with E-state index in [9.17, 15) is 24.8 Å². The molecule has 1 aromatic carbocycles. The van der Waals surface area contributed by atoms with E-state index in [1.165, 1.54) is 24.4 Å². The van der Waals surface area contributed by atoms with E-state index in [2.05, 4.69) is 26.6 Å². The summed E-state index contributed by atoms with van der Waals surface area (Å²) < 4.78 is 7.45. The maximum Gasteiger partial charge on any atom is 0.296 e. The number of carbonyl (C=O) groups is 2. The van der Waals surface area contributed by atoms with Gasteiger partial charge in [0, 0.05) is 51.8 Å². The van der Waals surface area contributed by atoms with Crippen LogP contribution in [0.5, 0.6) is 5.75 Å². The molecule has 0 aliphatic heterocycles. The van der Waals surface area contributed by atoms with Crippen molar-refractivity contribution in [1.82, 2.24) is 29.4 Å². The highest BCUT2D eigenvalue weighted by molar-refractivity contribution is 6.04. The maximum absolute atomic E-state index is 13.0. The fourth-order valence-electron chi connectivity index (χ4n) is 4.43. The molecule has 13 heteroatoms. The molecule has 13 nitrogen and oxygen atoms in total. The number of aromatic hydroxyl groups is 1. The van der Waals surface area contributed by atoms with Crippen LogP contribution in [0.1, 0.15) is 62.1 Å². The Labute approximate surface area is 222 Å². The van der Waals surface area contributed by atoms with Crippen molar-refractivity contribution in [2.45, 2.75) is 18.8 Å². The number of amides is 2. The van der Waals surface area contributed by atoms with E-state index in [-0.39, 0.29) is 17.4 Å². The Hall–Kier alpha value is -5.25. The molecule has 2 amide bonds. The van der Waals surface area contributed by atoms with Crippen molar-refractivity contribution in [2.24, 2.45) is 14.1 Å². The topological polar surface area (TPSA) is 172 Å². The zero-order chi connectivity index (χ0) is 28.4. The van der Waals surface area contributed by atoms with Crippen LogP contribution in [-0.2, 0) is 14.1 Å². The minimum Gasteiger partial charge on any atom is -0.501 e. The molecule has 0 spiro atoms. The number of hydrogen-bond donors (Lipinski definition) is 2. The van der Waals surface area contributed by atoms with Crippen molar-refractivity contribution in [2.75, 3.05) is 19.4 Å². The number of aromatic nitrogens is 5. The summed E-state index contributed by atoms with van der Waals surface area (Å²) in [6.45, 7) is 1.78. The minimum atomic E-state index is -0.837. The Morgan fingerprint density at radius 1 is 1.23 bits per heavy atom. The van der Waals surface area contributed by atoms with Gasteiger partial charge >= 0.3 is 0 Å². The van der Waals surface area contributed by atoms with Gasteiger partial charge in [-0.15, -0.1) is 0 Å². The molecule has 3 heterocycles. The molecule has 0 aliphatic rings. The lowest BCUT2D eigenvalue weighted by Gasteiger charge is -2.26. The van der Waals surface area contributed by atoms with E-state index in [0.717, 1.165) is 4.57 Å². The van der Waals surface area contributed by atoms with E-state index in [1.807, 2.05) is 0 Å². The molecular weight excluding hydrogens is 504 g/mol. The highest BCUT2D eigenvalue weighted by atomic mass is 16.5. The molecular formula is C26H26N8O5. The second-order valence-corrected chi connectivity index (χ2v) is 9.23. The third kappa shape index (κ3) is 5.12. The standard InChI is InChI=1S/C26H26N8O5/c1-14(23-31-21(22(35)26(38)34(23)5)24(36)30-18-11-29-39-13-18)20(17-10-28-33(4)12-17)19-8-15(25(37)32(2)3)6-7-16(19)9-27/h6-8,10-14,20,35H,1-5H3,(H,30,36)/t14-,20+/m0/s1. The summed E-state index contributed by atoms with van der Waals surface area (Å²) >= 11 is 0. The lowest BCUT2D eigenvalue weighted by Crippen LogP contribution is -2.29. The highest BCUT2D eigenvalue weighted by Gasteiger charge is 2.32. The first-order valence-corrected chi connectivity index (χ1v) is 11.8. The number of anilines is 1. The molecule has 200 valence electrons. The summed E-state index contributed by atoms with van der Waals surface area (Å²) in [7, 11) is 6.43. The summed E-state index contributed by atoms with van der Waals surface area (Å²) in [4.78, 5) is 44.5. The smallest absolute Gasteiger partial charge is 0.296 e. The van der Waals surface area contributed by atoms with Gasteiger partial charge in [0.05, 0.1) is 24.0 Å². The number of nitriles is 1. The van der Waals surface area contributed by atoms with Crippen LogP contribution < -0.4 is 10.9 Å². The summed E-state index contributed by atoms with van der Waals surface area (Å²) in [6.07, 6.45) is 5.83. The lowest BCUT2D eigenvalue weighted by atomic mass is 9.79. The van der Waals surface area contributed by atoms with Gasteiger partial charge in [0.2, 0.25) is 5.75 Å². The number of hydrogen-bond acceptors (Lipinski definition) is 9. The van der Waals surface area contributed by atoms with Crippen molar-refractivity contribution >= 4 is 17.5 Å². The molecule has 0 fully saturated rings. The molecule has 0 saturated carbocycles. The van der Waals surface area contributed by atoms with Gasteiger partial charge in [-0.1, -0.05) is 12.1 Å². The SMILES string of the molecule is C[C@H](c1nc(C(=O)Nc2cnoc2)c(O)c(=O)n1C)[C@H](c1cnn(C)c1)c1cc(C(=O)N(C)C)ccc1C#N. The quantitative estimate of drug-likeness (QED) is 0.362. The first kappa shape index (κ1) is 26.8. The van der Waals surface area contributed by atoms with E-state index in [4.69, 9.17) is 4.52 Å². The first-order valence-electron chi connectivity index (χ1n) is 11.8. The Morgan fingerprint density at radius 3 is 2.56 bits per heavy atom. The summed E-state index contributed by atoms with van der Waals surface area (Å²) in [5.41, 5.74) is 0.798. The number of rotatable bonds is 7. The van der Waals surface area contributed by atoms with Crippen LogP contribution in [0.4, 0.5) is 5.69 Å². The second-order valence-electron chi connectivity index (χ2n) is 9.23. The van der Waals surface area contributed by atoms with Gasteiger partial charge in [-0.3, -0.25) is 23.6 Å². The van der Waals surface area contributed by atoms with Crippen LogP contribution in [0.2, 0.25) is 0 Å². The van der Waals surface area contributed by atoms with Gasteiger partial charge in [-0.25, -0.2) is 4.98 Å². The molecule has 3 aromatic heterocycles. The Bertz CT molecular complexity index is 1650. The maximum atomic E-state index is 13.0. The number of aryl methyl sites for hydroxylation is 1. The van der Waals surface area contributed by atoms with Crippen molar-refractivity contribution in [3.8, 4) is 11.8 Å². The molecule has 2 atom stereocenters. The van der Waals surface area contributed by atoms with Crippen molar-refractivity contribution in [3.05, 3.63) is 87.2 Å². The van der Waals surface area contributed by atoms with E-state index < -0.39 is 34.7 Å². The Balaban J connectivity index is 1.90. The van der Waals surface area contributed by atoms with E-state index in [0.29, 0.717) is 22.3 Å². The number of carbonyl (C=O) groups excluding carboxylic acids is 2. The normalized spacial score (nSPS) is 12.4. The van der Waals surface area contributed by atoms with Gasteiger partial charge in [-0.2, -0.15) is 10.4 Å². The van der Waals surface area contributed by atoms with Crippen LogP contribution in [-0.4, -0.2) is 60.4 Å². The van der Waals surface area contributed by atoms with Crippen LogP contribution in [0.15, 0.2) is 52.4 Å². The third-order valence-corrected chi connectivity index (χ3v) is 6.36. The van der Waals surface area contributed by atoms with E-state index in [1.54, 1.807) is 63.3 Å². The second kappa shape index (κ2) is 10.6. The molecule has 0 unspecified atom stereocenters. The summed E-state index contributed by atoms with van der Waals surface area (Å²) in [5, 5.41) is 30.7. The predicted octanol–water partition coefficient (Wildman–Crippen LogP) is 1.97. The number of benzene rings is 1. The van der Waals surface area contributed by atoms with Gasteiger partial charge < -0.3 is 19.8 Å². The molecule has 0 aliphatic carbocycles. The van der Waals surface area contributed by atoms with Crippen LogP contribution in [0.25, 0.3) is 0 Å². The summed E-state index contributed by atoms with van der Waals surface area (Å²) in [5.74, 6) is -2.99. The zero-order valence-electron chi connectivity index (χ0n) is 21.9. The Morgan fingerprint density at radius 2 is 1.97 bits per heavy atom. The molecule has 0 bridgehead atoms. The first-order chi connectivity index (χ1) is 18.5. The zero-order valence-corrected chi connectivity index (χ0v) is 21.9. The van der Waals surface area contributed by atoms with E-state index >= 15 is 0 Å². The van der Waals surface area contributed by atoms with Crippen LogP contribution in [0, 0.1) is 11.3 Å². The van der Waals surface area contributed by atoms with Crippen molar-refractivity contribution in [1.29, 1.82) is 5.26 Å². The largest absolute Gasteiger partial charge is 0.501 e. The van der Waals surface area contributed by atoms with Gasteiger partial charge in [-0.05, 0) is 29.3 Å². The third-order valence-electron chi connectivity index (χ3n) is 6.36. The fraction of sp³-hybridized carbons (Fsp3) is 0.269. The molecule has 4 rings (SSSR count). The monoisotopic (exact) mass is 530 g/mol. The molecule has 2 N–H and O–H groups in total. The molecule has 0 radical (unpaired) electrons. The molecule has 39 heavy (non-hydrogen) atoms. The molecule has 4 aromatic rings. The van der Waals surface area contributed by atoms with Crippen molar-refractivity contribution < 1.29 is 19.2 Å². The minimum absolute atomic E-state index is 0.162. The highest BCUT2D eigenvalue weighted by Crippen LogP contribution is 2.39. The van der Waals surface area contributed by atoms with Gasteiger partial charge in [0.15, 0.2) is 5.69 Å². The average molecular weight is 531 g/mol.